The van der Waals surface area contributed by atoms with Gasteiger partial charge in [0.15, 0.2) is 5.78 Å². The Morgan fingerprint density at radius 2 is 2.06 bits per heavy atom. The van der Waals surface area contributed by atoms with Gasteiger partial charge in [-0.2, -0.15) is 0 Å². The van der Waals surface area contributed by atoms with Gasteiger partial charge in [0, 0.05) is 17.5 Å². The fourth-order valence-electron chi connectivity index (χ4n) is 2.34. The second-order valence-corrected chi connectivity index (χ2v) is 4.66. The van der Waals surface area contributed by atoms with Crippen LogP contribution in [-0.2, 0) is 6.42 Å². The SMILES string of the molecule is O=C1CCCc2c(OCCCCCF)cccc21. The molecule has 2 nitrogen and oxygen atoms in total. The molecule has 2 rings (SSSR count). The van der Waals surface area contributed by atoms with Gasteiger partial charge in [-0.15, -0.1) is 0 Å². The number of ether oxygens (including phenoxy) is 1. The van der Waals surface area contributed by atoms with Gasteiger partial charge in [-0.25, -0.2) is 0 Å². The highest BCUT2D eigenvalue weighted by atomic mass is 19.1. The smallest absolute Gasteiger partial charge is 0.163 e. The second-order valence-electron chi connectivity index (χ2n) is 4.66. The maximum Gasteiger partial charge on any atom is 0.163 e. The summed E-state index contributed by atoms with van der Waals surface area (Å²) in [5, 5.41) is 0. The number of halogens is 1. The monoisotopic (exact) mass is 250 g/mol. The summed E-state index contributed by atoms with van der Waals surface area (Å²) in [6, 6.07) is 5.68. The maximum atomic E-state index is 11.9. The largest absolute Gasteiger partial charge is 0.493 e. The van der Waals surface area contributed by atoms with Crippen molar-refractivity contribution < 1.29 is 13.9 Å². The summed E-state index contributed by atoms with van der Waals surface area (Å²) < 4.78 is 17.7. The standard InChI is InChI=1S/C15H19FO2/c16-10-2-1-3-11-18-15-9-5-6-12-13(15)7-4-8-14(12)17/h5-6,9H,1-4,7-8,10-11H2. The first-order valence-electron chi connectivity index (χ1n) is 6.67. The predicted octanol–water partition coefficient (Wildman–Crippen LogP) is 3.72. The first-order chi connectivity index (χ1) is 8.83. The number of fused-ring (bicyclic) bond motifs is 1. The number of carbonyl (C=O) groups excluding carboxylic acids is 1. The number of ketones is 1. The first kappa shape index (κ1) is 13.1. The minimum Gasteiger partial charge on any atom is -0.493 e. The Morgan fingerprint density at radius 1 is 1.17 bits per heavy atom. The van der Waals surface area contributed by atoms with E-state index in [0.717, 1.165) is 42.6 Å². The predicted molar refractivity (Wildman–Crippen MR) is 69.0 cm³/mol. The van der Waals surface area contributed by atoms with Crippen LogP contribution in [0.4, 0.5) is 4.39 Å². The van der Waals surface area contributed by atoms with Crippen molar-refractivity contribution >= 4 is 5.78 Å². The molecule has 0 saturated heterocycles. The molecule has 1 aliphatic rings. The summed E-state index contributed by atoms with van der Waals surface area (Å²) in [5.41, 5.74) is 1.88. The van der Waals surface area contributed by atoms with Gasteiger partial charge in [0.25, 0.3) is 0 Å². The molecule has 1 aliphatic carbocycles. The fraction of sp³-hybridized carbons (Fsp3) is 0.533. The lowest BCUT2D eigenvalue weighted by atomic mass is 9.90. The highest BCUT2D eigenvalue weighted by Crippen LogP contribution is 2.29. The van der Waals surface area contributed by atoms with Gasteiger partial charge < -0.3 is 4.74 Å². The molecular weight excluding hydrogens is 231 g/mol. The van der Waals surface area contributed by atoms with E-state index in [-0.39, 0.29) is 12.5 Å². The zero-order valence-electron chi connectivity index (χ0n) is 10.6. The van der Waals surface area contributed by atoms with Crippen molar-refractivity contribution in [1.82, 2.24) is 0 Å². The van der Waals surface area contributed by atoms with Crippen molar-refractivity contribution in [2.24, 2.45) is 0 Å². The summed E-state index contributed by atoms with van der Waals surface area (Å²) in [4.78, 5) is 11.8. The van der Waals surface area contributed by atoms with Gasteiger partial charge in [0.1, 0.15) is 5.75 Å². The van der Waals surface area contributed by atoms with E-state index >= 15 is 0 Å². The molecule has 0 fully saturated rings. The van der Waals surface area contributed by atoms with E-state index in [0.29, 0.717) is 19.4 Å². The highest BCUT2D eigenvalue weighted by Gasteiger charge is 2.19. The fourth-order valence-corrected chi connectivity index (χ4v) is 2.34. The van der Waals surface area contributed by atoms with Crippen LogP contribution in [0.3, 0.4) is 0 Å². The third kappa shape index (κ3) is 3.09. The van der Waals surface area contributed by atoms with Crippen molar-refractivity contribution in [3.05, 3.63) is 29.3 Å². The summed E-state index contributed by atoms with van der Waals surface area (Å²) in [7, 11) is 0. The zero-order valence-corrected chi connectivity index (χ0v) is 10.6. The van der Waals surface area contributed by atoms with Crippen LogP contribution in [0.2, 0.25) is 0 Å². The Balaban J connectivity index is 1.96. The van der Waals surface area contributed by atoms with Crippen LogP contribution in [0.1, 0.15) is 48.0 Å². The number of rotatable bonds is 6. The molecule has 0 aromatic heterocycles. The Morgan fingerprint density at radius 3 is 2.89 bits per heavy atom. The Hall–Kier alpha value is -1.38. The van der Waals surface area contributed by atoms with Crippen LogP contribution in [0.5, 0.6) is 5.75 Å². The molecule has 0 aliphatic heterocycles. The summed E-state index contributed by atoms with van der Waals surface area (Å²) in [6.07, 6.45) is 4.80. The molecule has 0 bridgehead atoms. The summed E-state index contributed by atoms with van der Waals surface area (Å²) in [6.45, 7) is 0.347. The lowest BCUT2D eigenvalue weighted by Crippen LogP contribution is -2.12. The quantitative estimate of drug-likeness (QED) is 0.719. The average Bonchev–Trinajstić information content (AvgIpc) is 2.39. The molecule has 0 amide bonds. The molecule has 3 heteroatoms. The van der Waals surface area contributed by atoms with E-state index in [9.17, 15) is 9.18 Å². The molecule has 0 spiro atoms. The number of unbranched alkanes of at least 4 members (excludes halogenated alkanes) is 2. The molecule has 98 valence electrons. The lowest BCUT2D eigenvalue weighted by molar-refractivity contribution is 0.0971. The van der Waals surface area contributed by atoms with E-state index in [1.54, 1.807) is 0 Å². The van der Waals surface area contributed by atoms with E-state index in [1.165, 1.54) is 0 Å². The van der Waals surface area contributed by atoms with Crippen molar-refractivity contribution in [2.75, 3.05) is 13.3 Å². The third-order valence-corrected chi connectivity index (χ3v) is 3.30. The van der Waals surface area contributed by atoms with Gasteiger partial charge >= 0.3 is 0 Å². The molecule has 0 radical (unpaired) electrons. The topological polar surface area (TPSA) is 26.3 Å². The number of Topliss-reactive ketones (excluding diaryl/α,β-unsaturated/α-hetero) is 1. The third-order valence-electron chi connectivity index (χ3n) is 3.30. The van der Waals surface area contributed by atoms with Crippen molar-refractivity contribution in [3.63, 3.8) is 0 Å². The normalized spacial score (nSPS) is 14.4. The van der Waals surface area contributed by atoms with Crippen molar-refractivity contribution in [1.29, 1.82) is 0 Å². The van der Waals surface area contributed by atoms with Crippen LogP contribution in [0, 0.1) is 0 Å². The lowest BCUT2D eigenvalue weighted by Gasteiger charge is -2.18. The first-order valence-corrected chi connectivity index (χ1v) is 6.67. The highest BCUT2D eigenvalue weighted by molar-refractivity contribution is 5.99. The van der Waals surface area contributed by atoms with Gasteiger partial charge in [-0.3, -0.25) is 9.18 Å². The number of benzene rings is 1. The molecule has 0 saturated carbocycles. The van der Waals surface area contributed by atoms with E-state index in [1.807, 2.05) is 18.2 Å². The number of alkyl halides is 1. The molecule has 0 unspecified atom stereocenters. The maximum absolute atomic E-state index is 11.9. The average molecular weight is 250 g/mol. The Labute approximate surface area is 107 Å². The van der Waals surface area contributed by atoms with Gasteiger partial charge in [0.2, 0.25) is 0 Å². The van der Waals surface area contributed by atoms with Crippen LogP contribution in [0.25, 0.3) is 0 Å². The van der Waals surface area contributed by atoms with E-state index < -0.39 is 0 Å². The van der Waals surface area contributed by atoms with Gasteiger partial charge in [-0.05, 0) is 38.2 Å². The number of carbonyl (C=O) groups is 1. The van der Waals surface area contributed by atoms with E-state index in [2.05, 4.69) is 0 Å². The number of hydrogen-bond donors (Lipinski definition) is 0. The Bertz CT molecular complexity index is 415. The van der Waals surface area contributed by atoms with Crippen molar-refractivity contribution in [2.45, 2.75) is 38.5 Å². The van der Waals surface area contributed by atoms with E-state index in [4.69, 9.17) is 4.74 Å². The molecular formula is C15H19FO2. The van der Waals surface area contributed by atoms with Crippen LogP contribution in [0.15, 0.2) is 18.2 Å². The number of hydrogen-bond acceptors (Lipinski definition) is 2. The van der Waals surface area contributed by atoms with Crippen molar-refractivity contribution in [3.8, 4) is 5.75 Å². The molecule has 18 heavy (non-hydrogen) atoms. The van der Waals surface area contributed by atoms with Crippen LogP contribution < -0.4 is 4.74 Å². The van der Waals surface area contributed by atoms with Gasteiger partial charge in [0.05, 0.1) is 13.3 Å². The zero-order chi connectivity index (χ0) is 12.8. The van der Waals surface area contributed by atoms with Crippen LogP contribution >= 0.6 is 0 Å². The minimum atomic E-state index is -0.255. The molecule has 0 N–H and O–H groups in total. The summed E-state index contributed by atoms with van der Waals surface area (Å²) >= 11 is 0. The molecule has 0 atom stereocenters. The minimum absolute atomic E-state index is 0.221. The molecule has 1 aromatic carbocycles. The molecule has 1 aromatic rings. The van der Waals surface area contributed by atoms with Crippen LogP contribution in [-0.4, -0.2) is 19.1 Å². The Kier molecular flexibility index (Phi) is 4.73. The second kappa shape index (κ2) is 6.53. The van der Waals surface area contributed by atoms with Gasteiger partial charge in [-0.1, -0.05) is 12.1 Å². The summed E-state index contributed by atoms with van der Waals surface area (Å²) in [5.74, 6) is 1.06. The molecule has 0 heterocycles.